The van der Waals surface area contributed by atoms with Gasteiger partial charge in [0.15, 0.2) is 0 Å². The third-order valence-corrected chi connectivity index (χ3v) is 3.28. The van der Waals surface area contributed by atoms with Crippen molar-refractivity contribution in [1.29, 1.82) is 0 Å². The molecule has 2 N–H and O–H groups in total. The molecule has 1 saturated heterocycles. The standard InChI is InChI=1S/C14H20FNO2/c1-9-5-14(12(10(2)16)6-13(9)15)18-8-11-3-4-17-7-11/h5-6,10-11H,3-4,7-8,16H2,1-2H3. The van der Waals surface area contributed by atoms with Gasteiger partial charge in [-0.05, 0) is 38.0 Å². The smallest absolute Gasteiger partial charge is 0.126 e. The van der Waals surface area contributed by atoms with Crippen molar-refractivity contribution < 1.29 is 13.9 Å². The Morgan fingerprint density at radius 2 is 2.33 bits per heavy atom. The number of nitrogens with two attached hydrogens (primary N) is 1. The summed E-state index contributed by atoms with van der Waals surface area (Å²) in [6, 6.07) is 2.96. The van der Waals surface area contributed by atoms with Gasteiger partial charge in [-0.2, -0.15) is 0 Å². The van der Waals surface area contributed by atoms with E-state index in [0.717, 1.165) is 25.2 Å². The van der Waals surface area contributed by atoms with Crippen molar-refractivity contribution >= 4 is 0 Å². The van der Waals surface area contributed by atoms with Crippen molar-refractivity contribution in [3.63, 3.8) is 0 Å². The molecular weight excluding hydrogens is 233 g/mol. The van der Waals surface area contributed by atoms with Crippen LogP contribution in [0.1, 0.15) is 30.5 Å². The second-order valence-corrected chi connectivity index (χ2v) is 4.97. The number of rotatable bonds is 4. The molecule has 1 aliphatic heterocycles. The summed E-state index contributed by atoms with van der Waals surface area (Å²) >= 11 is 0. The van der Waals surface area contributed by atoms with Crippen LogP contribution in [-0.4, -0.2) is 19.8 Å². The highest BCUT2D eigenvalue weighted by atomic mass is 19.1. The predicted molar refractivity (Wildman–Crippen MR) is 68.2 cm³/mol. The van der Waals surface area contributed by atoms with Crippen LogP contribution in [0.5, 0.6) is 5.75 Å². The van der Waals surface area contributed by atoms with Crippen LogP contribution in [0.4, 0.5) is 4.39 Å². The Morgan fingerprint density at radius 3 is 2.94 bits per heavy atom. The largest absolute Gasteiger partial charge is 0.493 e. The van der Waals surface area contributed by atoms with Gasteiger partial charge in [0, 0.05) is 24.1 Å². The van der Waals surface area contributed by atoms with Crippen molar-refractivity contribution in [3.05, 3.63) is 29.1 Å². The van der Waals surface area contributed by atoms with E-state index in [9.17, 15) is 4.39 Å². The number of benzene rings is 1. The van der Waals surface area contributed by atoms with E-state index in [1.54, 1.807) is 13.0 Å². The highest BCUT2D eigenvalue weighted by Gasteiger charge is 2.18. The molecule has 0 amide bonds. The summed E-state index contributed by atoms with van der Waals surface area (Å²) in [6.07, 6.45) is 1.02. The lowest BCUT2D eigenvalue weighted by Crippen LogP contribution is -2.15. The second-order valence-electron chi connectivity index (χ2n) is 4.97. The fourth-order valence-corrected chi connectivity index (χ4v) is 2.07. The zero-order chi connectivity index (χ0) is 13.1. The van der Waals surface area contributed by atoms with E-state index < -0.39 is 0 Å². The van der Waals surface area contributed by atoms with Crippen molar-refractivity contribution in [1.82, 2.24) is 0 Å². The van der Waals surface area contributed by atoms with Gasteiger partial charge in [0.05, 0.1) is 13.2 Å². The fourth-order valence-electron chi connectivity index (χ4n) is 2.07. The lowest BCUT2D eigenvalue weighted by molar-refractivity contribution is 0.166. The molecule has 1 fully saturated rings. The van der Waals surface area contributed by atoms with E-state index in [1.165, 1.54) is 6.07 Å². The average molecular weight is 253 g/mol. The van der Waals surface area contributed by atoms with Crippen LogP contribution in [0.25, 0.3) is 0 Å². The Bertz CT molecular complexity index is 415. The first-order valence-electron chi connectivity index (χ1n) is 6.34. The SMILES string of the molecule is Cc1cc(OCC2CCOC2)c(C(C)N)cc1F. The molecule has 1 aliphatic rings. The summed E-state index contributed by atoms with van der Waals surface area (Å²) in [4.78, 5) is 0. The molecule has 0 aromatic heterocycles. The van der Waals surface area contributed by atoms with Crippen LogP contribution < -0.4 is 10.5 Å². The van der Waals surface area contributed by atoms with Gasteiger partial charge in [-0.15, -0.1) is 0 Å². The lowest BCUT2D eigenvalue weighted by atomic mass is 10.0. The van der Waals surface area contributed by atoms with Crippen LogP contribution in [0.3, 0.4) is 0 Å². The van der Waals surface area contributed by atoms with Crippen LogP contribution in [-0.2, 0) is 4.74 Å². The molecule has 1 aromatic rings. The van der Waals surface area contributed by atoms with Gasteiger partial charge < -0.3 is 15.2 Å². The van der Waals surface area contributed by atoms with Gasteiger partial charge in [-0.1, -0.05) is 0 Å². The molecular formula is C14H20FNO2. The summed E-state index contributed by atoms with van der Waals surface area (Å²) in [6.45, 7) is 5.70. The van der Waals surface area contributed by atoms with Gasteiger partial charge in [-0.25, -0.2) is 4.39 Å². The predicted octanol–water partition coefficient (Wildman–Crippen LogP) is 2.57. The Labute approximate surface area is 107 Å². The first-order chi connectivity index (χ1) is 8.58. The first-order valence-corrected chi connectivity index (χ1v) is 6.34. The zero-order valence-corrected chi connectivity index (χ0v) is 10.9. The third kappa shape index (κ3) is 3.00. The summed E-state index contributed by atoms with van der Waals surface area (Å²) < 4.78 is 24.6. The van der Waals surface area contributed by atoms with Gasteiger partial charge >= 0.3 is 0 Å². The highest BCUT2D eigenvalue weighted by molar-refractivity contribution is 5.39. The van der Waals surface area contributed by atoms with Gasteiger partial charge in [0.1, 0.15) is 11.6 Å². The van der Waals surface area contributed by atoms with Gasteiger partial charge in [-0.3, -0.25) is 0 Å². The summed E-state index contributed by atoms with van der Waals surface area (Å²) in [7, 11) is 0. The topological polar surface area (TPSA) is 44.5 Å². The molecule has 0 bridgehead atoms. The van der Waals surface area contributed by atoms with E-state index >= 15 is 0 Å². The molecule has 4 heteroatoms. The summed E-state index contributed by atoms with van der Waals surface area (Å²) in [5.74, 6) is 0.880. The maximum atomic E-state index is 13.5. The molecule has 2 unspecified atom stereocenters. The Hall–Kier alpha value is -1.13. The molecule has 0 saturated carbocycles. The monoisotopic (exact) mass is 253 g/mol. The van der Waals surface area contributed by atoms with Gasteiger partial charge in [0.25, 0.3) is 0 Å². The Balaban J connectivity index is 2.12. The maximum absolute atomic E-state index is 13.5. The minimum Gasteiger partial charge on any atom is -0.493 e. The molecule has 1 aromatic carbocycles. The van der Waals surface area contributed by atoms with E-state index in [-0.39, 0.29) is 11.9 Å². The maximum Gasteiger partial charge on any atom is 0.126 e. The molecule has 18 heavy (non-hydrogen) atoms. The fraction of sp³-hybridized carbons (Fsp3) is 0.571. The first kappa shape index (κ1) is 13.3. The van der Waals surface area contributed by atoms with Gasteiger partial charge in [0.2, 0.25) is 0 Å². The Kier molecular flexibility index (Phi) is 4.19. The number of hydrogen-bond acceptors (Lipinski definition) is 3. The quantitative estimate of drug-likeness (QED) is 0.897. The number of halogens is 1. The van der Waals surface area contributed by atoms with Crippen LogP contribution in [0, 0.1) is 18.7 Å². The molecule has 0 radical (unpaired) electrons. The van der Waals surface area contributed by atoms with Crippen molar-refractivity contribution in [2.75, 3.05) is 19.8 Å². The number of ether oxygens (including phenoxy) is 2. The minimum atomic E-state index is -0.241. The molecule has 1 heterocycles. The third-order valence-electron chi connectivity index (χ3n) is 3.28. The van der Waals surface area contributed by atoms with E-state index in [4.69, 9.17) is 15.2 Å². The highest BCUT2D eigenvalue weighted by Crippen LogP contribution is 2.28. The second kappa shape index (κ2) is 5.67. The Morgan fingerprint density at radius 1 is 1.56 bits per heavy atom. The lowest BCUT2D eigenvalue weighted by Gasteiger charge is -2.17. The van der Waals surface area contributed by atoms with E-state index in [0.29, 0.717) is 23.8 Å². The van der Waals surface area contributed by atoms with E-state index in [1.807, 2.05) is 6.92 Å². The summed E-state index contributed by atoms with van der Waals surface area (Å²) in [5.41, 5.74) is 7.15. The molecule has 3 nitrogen and oxygen atoms in total. The van der Waals surface area contributed by atoms with E-state index in [2.05, 4.69) is 0 Å². The molecule has 2 rings (SSSR count). The number of hydrogen-bond donors (Lipinski definition) is 1. The van der Waals surface area contributed by atoms with Crippen molar-refractivity contribution in [2.45, 2.75) is 26.3 Å². The molecule has 100 valence electrons. The number of aryl methyl sites for hydroxylation is 1. The van der Waals surface area contributed by atoms with Crippen molar-refractivity contribution in [2.24, 2.45) is 11.7 Å². The minimum absolute atomic E-state index is 0.237. The zero-order valence-electron chi connectivity index (χ0n) is 10.9. The summed E-state index contributed by atoms with van der Waals surface area (Å²) in [5, 5.41) is 0. The van der Waals surface area contributed by atoms with Crippen LogP contribution in [0.15, 0.2) is 12.1 Å². The molecule has 2 atom stereocenters. The molecule has 0 aliphatic carbocycles. The molecule has 0 spiro atoms. The van der Waals surface area contributed by atoms with Crippen LogP contribution in [0.2, 0.25) is 0 Å². The van der Waals surface area contributed by atoms with Crippen LogP contribution >= 0.6 is 0 Å². The normalized spacial score (nSPS) is 21.0. The average Bonchev–Trinajstić information content (AvgIpc) is 2.83. The van der Waals surface area contributed by atoms with Crippen molar-refractivity contribution in [3.8, 4) is 5.75 Å².